The smallest absolute Gasteiger partial charge is 0.0893 e. The van der Waals surface area contributed by atoms with Crippen molar-refractivity contribution >= 4 is 11.0 Å². The maximum Gasteiger partial charge on any atom is 0.0893 e. The van der Waals surface area contributed by atoms with Gasteiger partial charge in [0.05, 0.1) is 35.6 Å². The first-order valence-corrected chi connectivity index (χ1v) is 6.05. The van der Waals surface area contributed by atoms with Crippen LogP contribution in [0.1, 0.15) is 38.1 Å². The highest BCUT2D eigenvalue weighted by Crippen LogP contribution is 2.25. The zero-order valence-corrected chi connectivity index (χ0v) is 11.0. The molecule has 96 valence electrons. The highest BCUT2D eigenvalue weighted by molar-refractivity contribution is 5.75. The monoisotopic (exact) mass is 245 g/mol. The average Bonchev–Trinajstić information content (AvgIpc) is 2.35. The van der Waals surface area contributed by atoms with Gasteiger partial charge in [-0.15, -0.1) is 0 Å². The van der Waals surface area contributed by atoms with Crippen molar-refractivity contribution in [3.8, 4) is 0 Å². The largest absolute Gasteiger partial charge is 0.394 e. The van der Waals surface area contributed by atoms with Gasteiger partial charge in [0.25, 0.3) is 0 Å². The average molecular weight is 245 g/mol. The molecule has 0 fully saturated rings. The molecule has 1 atom stereocenters. The van der Waals surface area contributed by atoms with Crippen molar-refractivity contribution in [2.75, 3.05) is 6.61 Å². The molecule has 2 aromatic rings. The Morgan fingerprint density at radius 2 is 2.00 bits per heavy atom. The van der Waals surface area contributed by atoms with Crippen LogP contribution in [0, 0.1) is 0 Å². The van der Waals surface area contributed by atoms with Crippen LogP contribution in [0.15, 0.2) is 24.4 Å². The Bertz CT molecular complexity index is 560. The van der Waals surface area contributed by atoms with Crippen LogP contribution in [0.3, 0.4) is 0 Å². The molecule has 0 radical (unpaired) electrons. The third kappa shape index (κ3) is 2.49. The minimum Gasteiger partial charge on any atom is -0.394 e. The molecule has 0 aliphatic carbocycles. The Morgan fingerprint density at radius 3 is 2.61 bits per heavy atom. The second-order valence-corrected chi connectivity index (χ2v) is 5.54. The van der Waals surface area contributed by atoms with Crippen LogP contribution in [0.25, 0.3) is 11.0 Å². The minimum absolute atomic E-state index is 0.0744. The van der Waals surface area contributed by atoms with E-state index >= 15 is 0 Å². The zero-order valence-electron chi connectivity index (χ0n) is 11.0. The van der Waals surface area contributed by atoms with E-state index in [9.17, 15) is 0 Å². The number of nitrogens with zero attached hydrogens (tertiary/aromatic N) is 2. The van der Waals surface area contributed by atoms with Gasteiger partial charge in [-0.3, -0.25) is 4.98 Å². The Morgan fingerprint density at radius 1 is 1.28 bits per heavy atom. The molecule has 0 spiro atoms. The van der Waals surface area contributed by atoms with Gasteiger partial charge >= 0.3 is 0 Å². The summed E-state index contributed by atoms with van der Waals surface area (Å²) in [4.78, 5) is 8.79. The van der Waals surface area contributed by atoms with Crippen molar-refractivity contribution in [1.29, 1.82) is 0 Å². The molecule has 1 heterocycles. The number of nitrogens with two attached hydrogens (primary N) is 1. The third-order valence-electron chi connectivity index (χ3n) is 3.00. The van der Waals surface area contributed by atoms with Gasteiger partial charge in [-0.1, -0.05) is 26.8 Å². The Labute approximate surface area is 107 Å². The Hall–Kier alpha value is -1.52. The summed E-state index contributed by atoms with van der Waals surface area (Å²) in [6.07, 6.45) is 1.62. The summed E-state index contributed by atoms with van der Waals surface area (Å²) in [5, 5.41) is 9.05. The Kier molecular flexibility index (Phi) is 3.32. The van der Waals surface area contributed by atoms with Gasteiger partial charge < -0.3 is 10.8 Å². The fourth-order valence-corrected chi connectivity index (χ4v) is 1.76. The maximum atomic E-state index is 9.05. The molecule has 0 bridgehead atoms. The highest BCUT2D eigenvalue weighted by Gasteiger charge is 2.15. The first-order chi connectivity index (χ1) is 8.41. The van der Waals surface area contributed by atoms with Crippen LogP contribution in [-0.4, -0.2) is 21.7 Å². The van der Waals surface area contributed by atoms with Crippen molar-refractivity contribution in [3.05, 3.63) is 35.7 Å². The van der Waals surface area contributed by atoms with E-state index in [1.54, 1.807) is 6.20 Å². The van der Waals surface area contributed by atoms with Crippen molar-refractivity contribution < 1.29 is 5.11 Å². The lowest BCUT2D eigenvalue weighted by Gasteiger charge is -2.19. The predicted octanol–water partition coefficient (Wildman–Crippen LogP) is 1.92. The van der Waals surface area contributed by atoms with Crippen LogP contribution in [0.5, 0.6) is 0 Å². The molecule has 0 saturated heterocycles. The summed E-state index contributed by atoms with van der Waals surface area (Å²) < 4.78 is 0. The normalized spacial score (nSPS) is 13.8. The molecule has 1 aromatic carbocycles. The molecule has 1 aromatic heterocycles. The van der Waals surface area contributed by atoms with E-state index in [0.29, 0.717) is 5.69 Å². The van der Waals surface area contributed by atoms with E-state index in [2.05, 4.69) is 36.8 Å². The van der Waals surface area contributed by atoms with Crippen LogP contribution < -0.4 is 5.73 Å². The maximum absolute atomic E-state index is 9.05. The van der Waals surface area contributed by atoms with Crippen molar-refractivity contribution in [2.45, 2.75) is 32.2 Å². The quantitative estimate of drug-likeness (QED) is 0.848. The molecule has 4 nitrogen and oxygen atoms in total. The number of fused-ring (bicyclic) bond motifs is 1. The van der Waals surface area contributed by atoms with Gasteiger partial charge in [-0.2, -0.15) is 0 Å². The first kappa shape index (κ1) is 12.9. The molecule has 4 heteroatoms. The minimum atomic E-state index is -0.472. The van der Waals surface area contributed by atoms with E-state index in [1.165, 1.54) is 5.56 Å². The lowest BCUT2D eigenvalue weighted by atomic mass is 9.87. The summed E-state index contributed by atoms with van der Waals surface area (Å²) in [6, 6.07) is 5.61. The second kappa shape index (κ2) is 4.63. The van der Waals surface area contributed by atoms with Crippen molar-refractivity contribution in [3.63, 3.8) is 0 Å². The highest BCUT2D eigenvalue weighted by atomic mass is 16.3. The van der Waals surface area contributed by atoms with Gasteiger partial charge in [0.1, 0.15) is 0 Å². The van der Waals surface area contributed by atoms with E-state index in [1.807, 2.05) is 12.1 Å². The van der Waals surface area contributed by atoms with E-state index < -0.39 is 6.04 Å². The van der Waals surface area contributed by atoms with Crippen LogP contribution in [0.2, 0.25) is 0 Å². The van der Waals surface area contributed by atoms with Crippen molar-refractivity contribution in [2.24, 2.45) is 5.73 Å². The first-order valence-electron chi connectivity index (χ1n) is 6.05. The van der Waals surface area contributed by atoms with Crippen LogP contribution >= 0.6 is 0 Å². The van der Waals surface area contributed by atoms with Gasteiger partial charge in [-0.25, -0.2) is 4.98 Å². The van der Waals surface area contributed by atoms with E-state index in [-0.39, 0.29) is 12.0 Å². The number of benzene rings is 1. The number of hydrogen-bond donors (Lipinski definition) is 2. The fourth-order valence-electron chi connectivity index (χ4n) is 1.76. The van der Waals surface area contributed by atoms with E-state index in [0.717, 1.165) is 11.0 Å². The summed E-state index contributed by atoms with van der Waals surface area (Å²) in [7, 11) is 0. The van der Waals surface area contributed by atoms with Gasteiger partial charge in [0, 0.05) is 0 Å². The Balaban J connectivity index is 2.53. The molecule has 0 saturated carbocycles. The van der Waals surface area contributed by atoms with Crippen LogP contribution in [0.4, 0.5) is 0 Å². The SMILES string of the molecule is CC(C)(C)c1ccc2ncc([C@H](N)CO)nc2c1. The van der Waals surface area contributed by atoms with Crippen LogP contribution in [-0.2, 0) is 5.41 Å². The number of hydrogen-bond acceptors (Lipinski definition) is 4. The number of aromatic nitrogens is 2. The predicted molar refractivity (Wildman–Crippen MR) is 72.3 cm³/mol. The molecule has 0 unspecified atom stereocenters. The lowest BCUT2D eigenvalue weighted by Crippen LogP contribution is -2.16. The molecule has 18 heavy (non-hydrogen) atoms. The van der Waals surface area contributed by atoms with Gasteiger partial charge in [-0.05, 0) is 23.1 Å². The lowest BCUT2D eigenvalue weighted by molar-refractivity contribution is 0.266. The molecular formula is C14H19N3O. The third-order valence-corrected chi connectivity index (χ3v) is 3.00. The standard InChI is InChI=1S/C14H19N3O/c1-14(2,3)9-4-5-11-12(6-9)17-13(7-16-11)10(15)8-18/h4-7,10,18H,8,15H2,1-3H3/t10-/m1/s1. The summed E-state index contributed by atoms with van der Waals surface area (Å²) in [6.45, 7) is 6.35. The molecular weight excluding hydrogens is 226 g/mol. The van der Waals surface area contributed by atoms with E-state index in [4.69, 9.17) is 10.8 Å². The number of aliphatic hydroxyl groups excluding tert-OH is 1. The number of rotatable bonds is 2. The topological polar surface area (TPSA) is 72.0 Å². The number of aliphatic hydroxyl groups is 1. The molecule has 2 rings (SSSR count). The van der Waals surface area contributed by atoms with Crippen molar-refractivity contribution in [1.82, 2.24) is 9.97 Å². The summed E-state index contributed by atoms with van der Waals surface area (Å²) in [5.41, 5.74) is 9.33. The summed E-state index contributed by atoms with van der Waals surface area (Å²) >= 11 is 0. The van der Waals surface area contributed by atoms with Gasteiger partial charge in [0.15, 0.2) is 0 Å². The zero-order chi connectivity index (χ0) is 13.3. The molecule has 0 aliphatic heterocycles. The molecule has 0 amide bonds. The summed E-state index contributed by atoms with van der Waals surface area (Å²) in [5.74, 6) is 0. The second-order valence-electron chi connectivity index (χ2n) is 5.54. The fraction of sp³-hybridized carbons (Fsp3) is 0.429. The molecule has 3 N–H and O–H groups in total. The molecule has 0 aliphatic rings. The van der Waals surface area contributed by atoms with Gasteiger partial charge in [0.2, 0.25) is 0 Å².